The Hall–Kier alpha value is -1.88. The molecule has 0 saturated carbocycles. The van der Waals surface area contributed by atoms with Crippen molar-refractivity contribution in [3.63, 3.8) is 0 Å². The number of fused-ring (bicyclic) bond motifs is 1. The molecule has 0 spiro atoms. The molecule has 2 nitrogen and oxygen atoms in total. The Labute approximate surface area is 83.0 Å². The molecule has 1 aromatic heterocycles. The van der Waals surface area contributed by atoms with Crippen molar-refractivity contribution in [2.45, 2.75) is 13.5 Å². The van der Waals surface area contributed by atoms with Crippen LogP contribution in [0.2, 0.25) is 0 Å². The van der Waals surface area contributed by atoms with E-state index in [0.717, 1.165) is 23.0 Å². The van der Waals surface area contributed by atoms with Crippen molar-refractivity contribution in [1.29, 1.82) is 5.26 Å². The average molecular weight is 183 g/mol. The Bertz CT molecular complexity index is 509. The van der Waals surface area contributed by atoms with Crippen LogP contribution in [0.15, 0.2) is 36.5 Å². The molecule has 0 unspecified atom stereocenters. The Morgan fingerprint density at radius 1 is 1.29 bits per heavy atom. The number of nitriles is 1. The van der Waals surface area contributed by atoms with Crippen LogP contribution in [-0.4, -0.2) is 0 Å². The fraction of sp³-hybridized carbons (Fsp3) is 0.167. The van der Waals surface area contributed by atoms with Crippen LogP contribution in [0.4, 0.5) is 0 Å². The van der Waals surface area contributed by atoms with Crippen LogP contribution < -0.4 is 4.57 Å². The van der Waals surface area contributed by atoms with Gasteiger partial charge >= 0.3 is 0 Å². The predicted octanol–water partition coefficient (Wildman–Crippen LogP) is 2.02. The van der Waals surface area contributed by atoms with E-state index in [9.17, 15) is 0 Å². The van der Waals surface area contributed by atoms with Gasteiger partial charge in [-0.25, -0.2) is 0 Å². The zero-order valence-electron chi connectivity index (χ0n) is 8.07. The van der Waals surface area contributed by atoms with Crippen LogP contribution in [0.3, 0.4) is 0 Å². The molecule has 14 heavy (non-hydrogen) atoms. The molecule has 0 aliphatic heterocycles. The number of hydrogen-bond acceptors (Lipinski definition) is 1. The van der Waals surface area contributed by atoms with Gasteiger partial charge in [-0.05, 0) is 13.0 Å². The van der Waals surface area contributed by atoms with E-state index >= 15 is 0 Å². The van der Waals surface area contributed by atoms with Gasteiger partial charge in [-0.1, -0.05) is 12.1 Å². The molecule has 1 aromatic carbocycles. The smallest absolute Gasteiger partial charge is 0.199 e. The van der Waals surface area contributed by atoms with Gasteiger partial charge in [0.2, 0.25) is 5.52 Å². The summed E-state index contributed by atoms with van der Waals surface area (Å²) in [5, 5.41) is 9.97. The molecule has 0 amide bonds. The zero-order chi connectivity index (χ0) is 9.97. The Balaban J connectivity index is 2.87. The Morgan fingerprint density at radius 3 is 2.79 bits per heavy atom. The van der Waals surface area contributed by atoms with Gasteiger partial charge in [0.05, 0.1) is 10.9 Å². The lowest BCUT2D eigenvalue weighted by Crippen LogP contribution is -2.32. The quantitative estimate of drug-likeness (QED) is 0.621. The van der Waals surface area contributed by atoms with Crippen molar-refractivity contribution in [2.75, 3.05) is 0 Å². The Kier molecular flexibility index (Phi) is 2.16. The maximum absolute atomic E-state index is 8.94. The van der Waals surface area contributed by atoms with Gasteiger partial charge in [-0.2, -0.15) is 9.83 Å². The van der Waals surface area contributed by atoms with Crippen LogP contribution in [0.5, 0.6) is 0 Å². The molecule has 0 N–H and O–H groups in total. The summed E-state index contributed by atoms with van der Waals surface area (Å²) in [6.45, 7) is 3.02. The lowest BCUT2D eigenvalue weighted by molar-refractivity contribution is -0.667. The van der Waals surface area contributed by atoms with Gasteiger partial charge in [0.15, 0.2) is 6.20 Å². The van der Waals surface area contributed by atoms with Crippen molar-refractivity contribution in [3.8, 4) is 6.07 Å². The highest BCUT2D eigenvalue weighted by atomic mass is 14.9. The fourth-order valence-electron chi connectivity index (χ4n) is 1.66. The van der Waals surface area contributed by atoms with Gasteiger partial charge in [-0.15, -0.1) is 0 Å². The van der Waals surface area contributed by atoms with Crippen LogP contribution >= 0.6 is 0 Å². The van der Waals surface area contributed by atoms with Crippen molar-refractivity contribution in [3.05, 3.63) is 42.1 Å². The summed E-state index contributed by atoms with van der Waals surface area (Å²) in [6.07, 6.45) is 1.96. The first kappa shape index (κ1) is 8.71. The van der Waals surface area contributed by atoms with E-state index in [2.05, 4.69) is 17.6 Å². The Morgan fingerprint density at radius 2 is 2.07 bits per heavy atom. The predicted molar refractivity (Wildman–Crippen MR) is 54.5 cm³/mol. The molecule has 0 bridgehead atoms. The number of aryl methyl sites for hydroxylation is 1. The molecular weight excluding hydrogens is 172 g/mol. The number of aromatic nitrogens is 1. The van der Waals surface area contributed by atoms with Crippen molar-refractivity contribution < 1.29 is 4.57 Å². The van der Waals surface area contributed by atoms with E-state index in [-0.39, 0.29) is 0 Å². The second-order valence-electron chi connectivity index (χ2n) is 3.14. The third-order valence-corrected chi connectivity index (χ3v) is 2.39. The summed E-state index contributed by atoms with van der Waals surface area (Å²) >= 11 is 0. The average Bonchev–Trinajstić information content (AvgIpc) is 2.27. The first-order valence-electron chi connectivity index (χ1n) is 4.68. The molecule has 2 aromatic rings. The minimum absolute atomic E-state index is 0.741. The molecular formula is C12H11N2+. The van der Waals surface area contributed by atoms with Crippen molar-refractivity contribution >= 4 is 10.9 Å². The third-order valence-electron chi connectivity index (χ3n) is 2.39. The normalized spacial score (nSPS) is 10.0. The molecule has 2 heteroatoms. The first-order valence-corrected chi connectivity index (χ1v) is 4.68. The number of hydrogen-bond donors (Lipinski definition) is 0. The largest absolute Gasteiger partial charge is 0.213 e. The number of pyridine rings is 1. The minimum atomic E-state index is 0.741. The van der Waals surface area contributed by atoms with E-state index in [4.69, 9.17) is 5.26 Å². The molecule has 2 rings (SSSR count). The number of rotatable bonds is 1. The van der Waals surface area contributed by atoms with Crippen LogP contribution in [-0.2, 0) is 6.54 Å². The summed E-state index contributed by atoms with van der Waals surface area (Å²) in [5.41, 5.74) is 1.86. The molecule has 0 radical (unpaired) electrons. The van der Waals surface area contributed by atoms with Gasteiger partial charge in [0.25, 0.3) is 0 Å². The highest BCUT2D eigenvalue weighted by Crippen LogP contribution is 2.13. The summed E-state index contributed by atoms with van der Waals surface area (Å²) in [7, 11) is 0. The maximum Gasteiger partial charge on any atom is 0.213 e. The molecule has 0 aliphatic carbocycles. The molecule has 68 valence electrons. The molecule has 0 saturated heterocycles. The number of benzene rings is 1. The second kappa shape index (κ2) is 3.47. The highest BCUT2D eigenvalue weighted by Gasteiger charge is 2.09. The lowest BCUT2D eigenvalue weighted by atomic mass is 10.1. The van der Waals surface area contributed by atoms with Crippen molar-refractivity contribution in [1.82, 2.24) is 0 Å². The van der Waals surface area contributed by atoms with Gasteiger partial charge in [0.1, 0.15) is 12.6 Å². The topological polar surface area (TPSA) is 27.7 Å². The highest BCUT2D eigenvalue weighted by molar-refractivity contribution is 5.81. The fourth-order valence-corrected chi connectivity index (χ4v) is 1.66. The molecule has 0 aliphatic rings. The van der Waals surface area contributed by atoms with E-state index in [0.29, 0.717) is 0 Å². The monoisotopic (exact) mass is 183 g/mol. The van der Waals surface area contributed by atoms with E-state index in [1.165, 1.54) is 0 Å². The van der Waals surface area contributed by atoms with Crippen LogP contribution in [0, 0.1) is 11.3 Å². The summed E-state index contributed by atoms with van der Waals surface area (Å²) in [5.74, 6) is 0. The second-order valence-corrected chi connectivity index (χ2v) is 3.14. The zero-order valence-corrected chi connectivity index (χ0v) is 8.07. The number of para-hydroxylation sites is 1. The number of nitrogens with zero attached hydrogens (tertiary/aromatic N) is 2. The van der Waals surface area contributed by atoms with E-state index in [1.807, 2.05) is 36.5 Å². The lowest BCUT2D eigenvalue weighted by Gasteiger charge is -1.99. The van der Waals surface area contributed by atoms with Gasteiger partial charge in [0, 0.05) is 12.1 Å². The first-order chi connectivity index (χ1) is 6.86. The standard InChI is InChI=1S/C12H11N2/c1-2-14-8-7-10(9-13)11-5-3-4-6-12(11)14/h3-8H,2H2,1H3/q+1. The van der Waals surface area contributed by atoms with E-state index < -0.39 is 0 Å². The van der Waals surface area contributed by atoms with E-state index in [1.54, 1.807) is 0 Å². The SMILES string of the molecule is CC[n+]1ccc(C#N)c2ccccc21. The summed E-state index contributed by atoms with van der Waals surface area (Å²) < 4.78 is 2.14. The van der Waals surface area contributed by atoms with Crippen molar-refractivity contribution in [2.24, 2.45) is 0 Å². The molecule has 0 atom stereocenters. The molecule has 0 fully saturated rings. The van der Waals surface area contributed by atoms with Crippen LogP contribution in [0.25, 0.3) is 10.9 Å². The third kappa shape index (κ3) is 1.23. The van der Waals surface area contributed by atoms with Gasteiger partial charge < -0.3 is 0 Å². The minimum Gasteiger partial charge on any atom is -0.199 e. The maximum atomic E-state index is 8.94. The van der Waals surface area contributed by atoms with Crippen LogP contribution in [0.1, 0.15) is 12.5 Å². The molecule has 1 heterocycles. The van der Waals surface area contributed by atoms with Gasteiger partial charge in [-0.3, -0.25) is 0 Å². The summed E-state index contributed by atoms with van der Waals surface area (Å²) in [6, 6.07) is 12.1. The summed E-state index contributed by atoms with van der Waals surface area (Å²) in [4.78, 5) is 0.